The van der Waals surface area contributed by atoms with Crippen molar-refractivity contribution in [2.75, 3.05) is 5.75 Å². The average molecular weight is 348 g/mol. The highest BCUT2D eigenvalue weighted by Crippen LogP contribution is 2.37. The Morgan fingerprint density at radius 3 is 2.87 bits per heavy atom. The van der Waals surface area contributed by atoms with Gasteiger partial charge in [-0.1, -0.05) is 6.07 Å². The van der Waals surface area contributed by atoms with Gasteiger partial charge in [-0.05, 0) is 54.1 Å². The van der Waals surface area contributed by atoms with Gasteiger partial charge in [-0.15, -0.1) is 11.8 Å². The molecule has 0 spiro atoms. The molecule has 118 valence electrons. The van der Waals surface area contributed by atoms with Crippen molar-refractivity contribution in [1.29, 1.82) is 5.26 Å². The third-order valence-corrected chi connectivity index (χ3v) is 6.17. The topological polar surface area (TPSA) is 70.0 Å². The number of hydrogen-bond donors (Lipinski definition) is 1. The summed E-state index contributed by atoms with van der Waals surface area (Å²) in [6.45, 7) is 0. The van der Waals surface area contributed by atoms with Crippen LogP contribution in [0.15, 0.2) is 52.3 Å². The molecule has 7 heteroatoms. The lowest BCUT2D eigenvalue weighted by Gasteiger charge is -2.25. The number of halogens is 1. The molecule has 3 rings (SSSR count). The molecule has 0 amide bonds. The third-order valence-electron chi connectivity index (χ3n) is 3.58. The van der Waals surface area contributed by atoms with Gasteiger partial charge in [0.25, 0.3) is 0 Å². The molecule has 2 aromatic carbocycles. The molecule has 1 heterocycles. The number of sulfonamides is 1. The summed E-state index contributed by atoms with van der Waals surface area (Å²) in [7, 11) is -3.78. The van der Waals surface area contributed by atoms with E-state index in [-0.39, 0.29) is 16.3 Å². The van der Waals surface area contributed by atoms with Crippen molar-refractivity contribution in [2.24, 2.45) is 0 Å². The molecule has 0 aliphatic carbocycles. The third kappa shape index (κ3) is 3.39. The Labute approximate surface area is 138 Å². The number of nitrogens with one attached hydrogen (secondary N) is 1. The molecule has 1 aliphatic rings. The molecule has 0 saturated carbocycles. The van der Waals surface area contributed by atoms with Gasteiger partial charge in [-0.2, -0.15) is 5.26 Å². The molecule has 0 radical (unpaired) electrons. The molecule has 0 bridgehead atoms. The number of hydrogen-bond acceptors (Lipinski definition) is 4. The quantitative estimate of drug-likeness (QED) is 0.925. The van der Waals surface area contributed by atoms with Crippen LogP contribution in [-0.4, -0.2) is 14.2 Å². The lowest BCUT2D eigenvalue weighted by Crippen LogP contribution is -2.30. The fraction of sp³-hybridized carbons (Fsp3) is 0.188. The summed E-state index contributed by atoms with van der Waals surface area (Å²) in [5, 5.41) is 8.90. The molecule has 0 saturated heterocycles. The smallest absolute Gasteiger partial charge is 0.207 e. The summed E-state index contributed by atoms with van der Waals surface area (Å²) in [5.74, 6) is 0.367. The molecular formula is C16H13FN2O2S2. The first-order valence-electron chi connectivity index (χ1n) is 6.94. The molecular weight excluding hydrogens is 335 g/mol. The van der Waals surface area contributed by atoms with E-state index in [0.29, 0.717) is 12.0 Å². The Morgan fingerprint density at radius 2 is 2.09 bits per heavy atom. The Hall–Kier alpha value is -1.88. The van der Waals surface area contributed by atoms with Crippen LogP contribution in [0.3, 0.4) is 0 Å². The Bertz CT molecular complexity index is 891. The molecule has 0 aromatic heterocycles. The fourth-order valence-electron chi connectivity index (χ4n) is 2.48. The van der Waals surface area contributed by atoms with E-state index in [1.807, 2.05) is 6.07 Å². The average Bonchev–Trinajstić information content (AvgIpc) is 2.55. The van der Waals surface area contributed by atoms with E-state index >= 15 is 0 Å². The van der Waals surface area contributed by atoms with Gasteiger partial charge in [-0.3, -0.25) is 0 Å². The number of thioether (sulfide) groups is 1. The summed E-state index contributed by atoms with van der Waals surface area (Å²) in [6, 6.07) is 11.7. The van der Waals surface area contributed by atoms with Crippen LogP contribution in [0.2, 0.25) is 0 Å². The zero-order chi connectivity index (χ0) is 16.4. The van der Waals surface area contributed by atoms with Gasteiger partial charge in [0, 0.05) is 10.9 Å². The summed E-state index contributed by atoms with van der Waals surface area (Å²) in [5.41, 5.74) is 0.930. The minimum absolute atomic E-state index is 0.0349. The van der Waals surface area contributed by atoms with Crippen LogP contribution in [0, 0.1) is 17.1 Å². The normalized spacial score (nSPS) is 17.3. The maximum absolute atomic E-state index is 13.5. The van der Waals surface area contributed by atoms with Crippen molar-refractivity contribution in [2.45, 2.75) is 22.3 Å². The molecule has 4 nitrogen and oxygen atoms in total. The van der Waals surface area contributed by atoms with Gasteiger partial charge < -0.3 is 0 Å². The molecule has 1 atom stereocenters. The monoisotopic (exact) mass is 348 g/mol. The number of rotatable bonds is 3. The SMILES string of the molecule is N#Cc1cccc(S(=O)(=O)NC2CCSc3ccc(F)cc32)c1. The number of nitriles is 1. The van der Waals surface area contributed by atoms with Crippen LogP contribution in [0.5, 0.6) is 0 Å². The Kier molecular flexibility index (Phi) is 4.39. The predicted molar refractivity (Wildman–Crippen MR) is 86.0 cm³/mol. The molecule has 0 fully saturated rings. The van der Waals surface area contributed by atoms with E-state index in [1.54, 1.807) is 23.9 Å². The lowest BCUT2D eigenvalue weighted by atomic mass is 10.0. The van der Waals surface area contributed by atoms with E-state index in [0.717, 1.165) is 10.6 Å². The van der Waals surface area contributed by atoms with Crippen molar-refractivity contribution >= 4 is 21.8 Å². The van der Waals surface area contributed by atoms with Gasteiger partial charge in [0.2, 0.25) is 10.0 Å². The molecule has 1 N–H and O–H groups in total. The molecule has 1 unspecified atom stereocenters. The van der Waals surface area contributed by atoms with Gasteiger partial charge in [0.1, 0.15) is 5.82 Å². The van der Waals surface area contributed by atoms with Gasteiger partial charge >= 0.3 is 0 Å². The molecule has 23 heavy (non-hydrogen) atoms. The summed E-state index contributed by atoms with van der Waals surface area (Å²) in [6.07, 6.45) is 0.582. The van der Waals surface area contributed by atoms with Crippen LogP contribution in [0.4, 0.5) is 4.39 Å². The fourth-order valence-corrected chi connectivity index (χ4v) is 4.88. The highest BCUT2D eigenvalue weighted by atomic mass is 32.2. The first-order chi connectivity index (χ1) is 11.0. The molecule has 1 aliphatic heterocycles. The van der Waals surface area contributed by atoms with Crippen LogP contribution >= 0.6 is 11.8 Å². The van der Waals surface area contributed by atoms with Crippen LogP contribution in [0.25, 0.3) is 0 Å². The zero-order valence-electron chi connectivity index (χ0n) is 12.0. The van der Waals surface area contributed by atoms with Crippen LogP contribution < -0.4 is 4.72 Å². The second-order valence-corrected chi connectivity index (χ2v) is 7.98. The van der Waals surface area contributed by atoms with E-state index < -0.39 is 16.1 Å². The van der Waals surface area contributed by atoms with Crippen molar-refractivity contribution in [3.63, 3.8) is 0 Å². The van der Waals surface area contributed by atoms with E-state index in [1.165, 1.54) is 30.3 Å². The minimum atomic E-state index is -3.78. The zero-order valence-corrected chi connectivity index (χ0v) is 13.6. The predicted octanol–water partition coefficient (Wildman–Crippen LogP) is 3.21. The maximum atomic E-state index is 13.5. The second kappa shape index (κ2) is 6.32. The van der Waals surface area contributed by atoms with Gasteiger partial charge in [0.15, 0.2) is 0 Å². The van der Waals surface area contributed by atoms with E-state index in [2.05, 4.69) is 4.72 Å². The second-order valence-electron chi connectivity index (χ2n) is 5.13. The van der Waals surface area contributed by atoms with Crippen molar-refractivity contribution in [1.82, 2.24) is 4.72 Å². The number of nitrogens with zero attached hydrogens (tertiary/aromatic N) is 1. The van der Waals surface area contributed by atoms with Crippen molar-refractivity contribution in [3.05, 3.63) is 59.4 Å². The standard InChI is InChI=1S/C16H13FN2O2S2/c17-12-4-5-16-14(9-12)15(6-7-22-16)19-23(20,21)13-3-1-2-11(8-13)10-18/h1-5,8-9,15,19H,6-7H2. The largest absolute Gasteiger partial charge is 0.241 e. The van der Waals surface area contributed by atoms with Crippen LogP contribution in [0.1, 0.15) is 23.6 Å². The number of fused-ring (bicyclic) bond motifs is 1. The van der Waals surface area contributed by atoms with Crippen molar-refractivity contribution in [3.8, 4) is 6.07 Å². The van der Waals surface area contributed by atoms with Gasteiger partial charge in [0.05, 0.1) is 16.5 Å². The van der Waals surface area contributed by atoms with E-state index in [4.69, 9.17) is 5.26 Å². The number of benzene rings is 2. The van der Waals surface area contributed by atoms with Gasteiger partial charge in [-0.25, -0.2) is 17.5 Å². The highest BCUT2D eigenvalue weighted by molar-refractivity contribution is 7.99. The Morgan fingerprint density at radius 1 is 1.26 bits per heavy atom. The summed E-state index contributed by atoms with van der Waals surface area (Å²) >= 11 is 1.58. The molecule has 2 aromatic rings. The summed E-state index contributed by atoms with van der Waals surface area (Å²) < 4.78 is 41.2. The first-order valence-corrected chi connectivity index (χ1v) is 9.41. The summed E-state index contributed by atoms with van der Waals surface area (Å²) in [4.78, 5) is 0.920. The minimum Gasteiger partial charge on any atom is -0.207 e. The lowest BCUT2D eigenvalue weighted by molar-refractivity contribution is 0.541. The van der Waals surface area contributed by atoms with Crippen LogP contribution in [-0.2, 0) is 10.0 Å². The Balaban J connectivity index is 1.93. The first kappa shape index (κ1) is 16.0. The maximum Gasteiger partial charge on any atom is 0.241 e. The van der Waals surface area contributed by atoms with E-state index in [9.17, 15) is 12.8 Å². The highest BCUT2D eigenvalue weighted by Gasteiger charge is 2.26. The van der Waals surface area contributed by atoms with Crippen molar-refractivity contribution < 1.29 is 12.8 Å².